The molecule has 0 saturated carbocycles. The summed E-state index contributed by atoms with van der Waals surface area (Å²) in [6.07, 6.45) is 14.9. The number of rotatable bonds is 31. The lowest BCUT2D eigenvalue weighted by Gasteiger charge is -2.17. The highest BCUT2D eigenvalue weighted by Crippen LogP contribution is 2.42. The molecule has 0 aliphatic heterocycles. The Morgan fingerprint density at radius 1 is 0.240 bits per heavy atom. The second-order valence-electron chi connectivity index (χ2n) is 31.4. The summed E-state index contributed by atoms with van der Waals surface area (Å²) in [5.74, 6) is 4.83. The molecular formula is C108H116N10O11. The Balaban J connectivity index is 0.000000156. The number of nitrogens with one attached hydrogen (secondary N) is 5. The zero-order valence-corrected chi connectivity index (χ0v) is 77.2. The van der Waals surface area contributed by atoms with Crippen molar-refractivity contribution in [3.63, 3.8) is 0 Å². The summed E-state index contributed by atoms with van der Waals surface area (Å²) in [7, 11) is 9.78. The van der Waals surface area contributed by atoms with Gasteiger partial charge in [-0.2, -0.15) is 0 Å². The quantitative estimate of drug-likeness (QED) is 0.0253. The predicted octanol–water partition coefficient (Wildman–Crippen LogP) is 27.0. The molecule has 0 spiro atoms. The normalized spacial score (nSPS) is 10.7. The highest BCUT2D eigenvalue weighted by Gasteiger charge is 2.24. The first kappa shape index (κ1) is 95.1. The van der Waals surface area contributed by atoms with Gasteiger partial charge in [-0.05, 0) is 192 Å². The van der Waals surface area contributed by atoms with Crippen molar-refractivity contribution in [3.05, 3.63) is 292 Å². The van der Waals surface area contributed by atoms with Gasteiger partial charge in [-0.3, -0.25) is 48.9 Å². The molecule has 0 aliphatic rings. The average Bonchev–Trinajstić information content (AvgIpc) is 0.615. The van der Waals surface area contributed by atoms with Gasteiger partial charge >= 0.3 is 0 Å². The van der Waals surface area contributed by atoms with Crippen LogP contribution in [0.4, 0.5) is 56.9 Å². The Morgan fingerprint density at radius 3 is 0.798 bits per heavy atom. The maximum atomic E-state index is 12.7. The molecule has 0 radical (unpaired) electrons. The van der Waals surface area contributed by atoms with Crippen molar-refractivity contribution < 1.29 is 52.4 Å². The number of methoxy groups -OCH3 is 6. The number of benzene rings is 10. The van der Waals surface area contributed by atoms with Crippen molar-refractivity contribution in [2.24, 2.45) is 0 Å². The van der Waals surface area contributed by atoms with Crippen LogP contribution in [0.3, 0.4) is 0 Å². The molecule has 5 N–H and O–H groups in total. The van der Waals surface area contributed by atoms with Gasteiger partial charge in [0.25, 0.3) is 0 Å². The summed E-state index contributed by atoms with van der Waals surface area (Å²) >= 11 is 0. The van der Waals surface area contributed by atoms with E-state index in [9.17, 15) is 24.0 Å². The lowest BCUT2D eigenvalue weighted by molar-refractivity contribution is 0.0974. The number of ketones is 5. The molecule has 5 aromatic heterocycles. The molecule has 15 aromatic rings. The van der Waals surface area contributed by atoms with Crippen LogP contribution in [0.5, 0.6) is 34.5 Å². The Hall–Kier alpha value is -14.6. The van der Waals surface area contributed by atoms with Gasteiger partial charge in [0.05, 0.1) is 132 Å². The van der Waals surface area contributed by atoms with Crippen LogP contribution in [0, 0.1) is 48.5 Å². The molecule has 0 bridgehead atoms. The van der Waals surface area contributed by atoms with Crippen molar-refractivity contribution in [2.45, 2.75) is 147 Å². The maximum absolute atomic E-state index is 12.7. The van der Waals surface area contributed by atoms with Gasteiger partial charge in [0.2, 0.25) is 0 Å². The Labute approximate surface area is 756 Å². The average molecular weight is 1730 g/mol. The van der Waals surface area contributed by atoms with E-state index in [1.807, 2.05) is 264 Å². The van der Waals surface area contributed by atoms with E-state index in [1.54, 1.807) is 73.6 Å². The monoisotopic (exact) mass is 1730 g/mol. The number of hydrogen-bond acceptors (Lipinski definition) is 21. The van der Waals surface area contributed by atoms with Crippen LogP contribution in [-0.4, -0.2) is 96.5 Å². The summed E-state index contributed by atoms with van der Waals surface area (Å²) in [5.41, 5.74) is 23.4. The van der Waals surface area contributed by atoms with E-state index in [0.717, 1.165) is 200 Å². The molecule has 10 aromatic carbocycles. The van der Waals surface area contributed by atoms with E-state index >= 15 is 0 Å². The van der Waals surface area contributed by atoms with Crippen molar-refractivity contribution >= 4 is 140 Å². The fraction of sp³-hybridized carbons (Fsp3) is 0.259. The second-order valence-corrected chi connectivity index (χ2v) is 31.4. The summed E-state index contributed by atoms with van der Waals surface area (Å²) in [4.78, 5) is 86.0. The topological polar surface area (TPSA) is 265 Å². The number of para-hydroxylation sites is 8. The molecule has 21 heteroatoms. The third-order valence-electron chi connectivity index (χ3n) is 22.2. The van der Waals surface area contributed by atoms with Gasteiger partial charge < -0.3 is 55.0 Å². The van der Waals surface area contributed by atoms with Crippen LogP contribution in [0.25, 0.3) is 54.5 Å². The molecule has 664 valence electrons. The maximum Gasteiger partial charge on any atom is 0.166 e. The second kappa shape index (κ2) is 45.5. The molecule has 21 nitrogen and oxygen atoms in total. The fourth-order valence-electron chi connectivity index (χ4n) is 15.2. The molecule has 0 saturated heterocycles. The van der Waals surface area contributed by atoms with Crippen LogP contribution < -0.4 is 55.0 Å². The number of aryl methyl sites for hydroxylation is 7. The van der Waals surface area contributed by atoms with Gasteiger partial charge in [-0.1, -0.05) is 150 Å². The summed E-state index contributed by atoms with van der Waals surface area (Å²) in [5, 5.41) is 21.9. The lowest BCUT2D eigenvalue weighted by Crippen LogP contribution is -2.06. The number of Topliss-reactive ketones (excluding diaryl/α,β-unsaturated/α-hetero) is 5. The molecule has 0 atom stereocenters. The van der Waals surface area contributed by atoms with Crippen molar-refractivity contribution in [1.29, 1.82) is 0 Å². The third kappa shape index (κ3) is 22.8. The van der Waals surface area contributed by atoms with E-state index in [2.05, 4.69) is 64.5 Å². The van der Waals surface area contributed by atoms with E-state index < -0.39 is 0 Å². The van der Waals surface area contributed by atoms with E-state index in [0.29, 0.717) is 77.2 Å². The fourth-order valence-corrected chi connectivity index (χ4v) is 15.2. The van der Waals surface area contributed by atoms with Crippen LogP contribution in [0.15, 0.2) is 225 Å². The number of hydrogen-bond donors (Lipinski definition) is 5. The molecule has 0 amide bonds. The predicted molar refractivity (Wildman–Crippen MR) is 526 cm³/mol. The number of pyridine rings is 5. The van der Waals surface area contributed by atoms with E-state index in [-0.39, 0.29) is 28.9 Å². The number of carbonyl (C=O) groups is 5. The Morgan fingerprint density at radius 2 is 0.488 bits per heavy atom. The first-order chi connectivity index (χ1) is 62.5. The molecule has 0 fully saturated rings. The van der Waals surface area contributed by atoms with Crippen LogP contribution in [0.2, 0.25) is 0 Å². The largest absolute Gasteiger partial charge is 0.497 e. The highest BCUT2D eigenvalue weighted by atomic mass is 16.5. The van der Waals surface area contributed by atoms with Crippen LogP contribution in [-0.2, 0) is 0 Å². The number of fused-ring (bicyclic) bond motifs is 5. The Bertz CT molecular complexity index is 6570. The van der Waals surface area contributed by atoms with Gasteiger partial charge in [-0.25, -0.2) is 0 Å². The minimum Gasteiger partial charge on any atom is -0.497 e. The molecular weight excluding hydrogens is 1610 g/mol. The minimum absolute atomic E-state index is 0.0726. The van der Waals surface area contributed by atoms with Crippen LogP contribution >= 0.6 is 0 Å². The van der Waals surface area contributed by atoms with E-state index in [1.165, 1.54) is 0 Å². The van der Waals surface area contributed by atoms with Crippen molar-refractivity contribution in [3.8, 4) is 34.5 Å². The van der Waals surface area contributed by atoms with E-state index in [4.69, 9.17) is 28.4 Å². The SMILES string of the molecule is CCCC(=O)c1cnc2c(C)cccc2c1Nc1ccc(OC)cc1C.CCCC(=O)c1cnc2c(C)cccc2c1Nc1ccc(OC)cc1OC.CCCC(=O)c1cnc2c(C)cccc2c1Nc1ccccc1C.CCCC(=O)c1cnc2c(C)cccc2c1Nc1ccccc1OC.CCCC(=O)c1cnc2c(OC)cccc2c1Nc1ccc(OC)cc1C. The molecule has 0 aliphatic carbocycles. The van der Waals surface area contributed by atoms with Gasteiger partial charge in [0.15, 0.2) is 28.9 Å². The minimum atomic E-state index is 0.0726. The van der Waals surface area contributed by atoms with Crippen LogP contribution in [0.1, 0.15) is 190 Å². The number of anilines is 10. The number of carbonyl (C=O) groups excluding carboxylic acids is 5. The highest BCUT2D eigenvalue weighted by molar-refractivity contribution is 6.14. The first-order valence-corrected chi connectivity index (χ1v) is 43.7. The first-order valence-electron chi connectivity index (χ1n) is 43.7. The van der Waals surface area contributed by atoms with Gasteiger partial charge in [0, 0.05) is 113 Å². The molecule has 15 rings (SSSR count). The van der Waals surface area contributed by atoms with Crippen molar-refractivity contribution in [2.75, 3.05) is 69.2 Å². The van der Waals surface area contributed by atoms with Gasteiger partial charge in [-0.15, -0.1) is 0 Å². The van der Waals surface area contributed by atoms with Crippen molar-refractivity contribution in [1.82, 2.24) is 24.9 Å². The standard InChI is InChI=1S/2C22H24N2O3.C22H24N2O2.C21H22N2O2.C21H22N2O/c1-5-7-19(25)17-13-23-22-16(8-6-9-20(22)27-4)21(17)24-18-11-10-15(26-3)12-14(18)2;1-5-7-19(25)17-13-23-21-14(2)8-6-9-16(21)22(17)24-18-11-10-15(26-3)12-20(18)27-4;1-5-7-20(25)18-13-23-21-14(2)8-6-9-17(21)22(18)24-19-11-10-16(26-4)12-15(19)3;1-4-8-18(24)16-13-22-20-14(2)9-7-10-15(20)21(16)23-17-11-5-6-12-19(17)25-3;1-4-8-19(24)17-13-22-20-15(3)10-7-11-16(20)21(17)23-18-12-6-5-9-14(18)2/h2*6,8-13H,5,7H2,1-4H3,(H,23,24);6,8-13H,5,7H2,1-4H3,(H,23,24);5-7,9-13H,4,8H2,1-3H3,(H,22,23);5-7,9-13H,4,8H2,1-3H3,(H,22,23). The zero-order chi connectivity index (χ0) is 92.4. The zero-order valence-electron chi connectivity index (χ0n) is 77.2. The van der Waals surface area contributed by atoms with Gasteiger partial charge in [0.1, 0.15) is 40.0 Å². The Kier molecular flexibility index (Phi) is 33.5. The number of nitrogens with zero attached hydrogens (tertiary/aromatic N) is 5. The smallest absolute Gasteiger partial charge is 0.166 e. The lowest BCUT2D eigenvalue weighted by atomic mass is 10.0. The number of ether oxygens (including phenoxy) is 6. The summed E-state index contributed by atoms with van der Waals surface area (Å²) in [6.45, 7) is 24.2. The summed E-state index contributed by atoms with van der Waals surface area (Å²) in [6, 6.07) is 62.8. The molecule has 5 heterocycles. The summed E-state index contributed by atoms with van der Waals surface area (Å²) < 4.78 is 32.2. The number of aromatic nitrogens is 5. The third-order valence-corrected chi connectivity index (χ3v) is 22.2. The molecule has 0 unspecified atom stereocenters. The molecule has 129 heavy (non-hydrogen) atoms.